The summed E-state index contributed by atoms with van der Waals surface area (Å²) in [5.41, 5.74) is 0.574. The van der Waals surface area contributed by atoms with E-state index in [1.165, 1.54) is 11.0 Å². The number of fused-ring (bicyclic) bond motifs is 2. The molecular formula is C20H20N2O5. The SMILES string of the molecule is O=C(CCN1C(=O)C2CCCCC2C1=O)Nc1ccc2oc(=O)ccc2c1. The van der Waals surface area contributed by atoms with Gasteiger partial charge in [-0.1, -0.05) is 12.8 Å². The van der Waals surface area contributed by atoms with E-state index in [2.05, 4.69) is 5.32 Å². The summed E-state index contributed by atoms with van der Waals surface area (Å²) in [7, 11) is 0. The Morgan fingerprint density at radius 3 is 2.44 bits per heavy atom. The van der Waals surface area contributed by atoms with E-state index >= 15 is 0 Å². The predicted molar refractivity (Wildman–Crippen MR) is 97.9 cm³/mol. The average Bonchev–Trinajstić information content (AvgIpc) is 2.91. The van der Waals surface area contributed by atoms with Gasteiger partial charge in [-0.15, -0.1) is 0 Å². The van der Waals surface area contributed by atoms with Crippen molar-refractivity contribution in [1.82, 2.24) is 4.90 Å². The van der Waals surface area contributed by atoms with Gasteiger partial charge in [-0.3, -0.25) is 19.3 Å². The van der Waals surface area contributed by atoms with E-state index in [0.29, 0.717) is 16.7 Å². The number of hydrogen-bond acceptors (Lipinski definition) is 5. The number of imide groups is 1. The molecule has 2 aliphatic rings. The van der Waals surface area contributed by atoms with Crippen molar-refractivity contribution in [3.8, 4) is 0 Å². The van der Waals surface area contributed by atoms with Gasteiger partial charge < -0.3 is 9.73 Å². The number of amides is 3. The summed E-state index contributed by atoms with van der Waals surface area (Å²) >= 11 is 0. The summed E-state index contributed by atoms with van der Waals surface area (Å²) in [4.78, 5) is 49.6. The van der Waals surface area contributed by atoms with Crippen molar-refractivity contribution >= 4 is 34.4 Å². The summed E-state index contributed by atoms with van der Waals surface area (Å²) in [6, 6.07) is 7.91. The molecule has 4 rings (SSSR count). The molecule has 2 unspecified atom stereocenters. The number of hydrogen-bond donors (Lipinski definition) is 1. The van der Waals surface area contributed by atoms with Crippen molar-refractivity contribution in [2.75, 3.05) is 11.9 Å². The molecule has 2 atom stereocenters. The van der Waals surface area contributed by atoms with E-state index in [-0.39, 0.29) is 42.5 Å². The molecule has 2 fully saturated rings. The Kier molecular flexibility index (Phi) is 4.51. The van der Waals surface area contributed by atoms with Gasteiger partial charge in [0, 0.05) is 30.1 Å². The van der Waals surface area contributed by atoms with Gasteiger partial charge in [0.05, 0.1) is 11.8 Å². The minimum atomic E-state index is -0.431. The molecular weight excluding hydrogens is 348 g/mol. The minimum Gasteiger partial charge on any atom is -0.423 e. The van der Waals surface area contributed by atoms with E-state index in [1.807, 2.05) is 0 Å². The molecule has 1 saturated carbocycles. The monoisotopic (exact) mass is 368 g/mol. The molecule has 7 heteroatoms. The van der Waals surface area contributed by atoms with Gasteiger partial charge in [0.1, 0.15) is 5.58 Å². The molecule has 0 bridgehead atoms. The number of anilines is 1. The summed E-state index contributed by atoms with van der Waals surface area (Å²) in [6.07, 6.45) is 3.56. The number of carbonyl (C=O) groups is 3. The fourth-order valence-electron chi connectivity index (χ4n) is 4.04. The second-order valence-corrected chi connectivity index (χ2v) is 7.13. The Bertz CT molecular complexity index is 956. The van der Waals surface area contributed by atoms with Crippen molar-refractivity contribution in [3.05, 3.63) is 40.8 Å². The molecule has 2 aromatic rings. The van der Waals surface area contributed by atoms with Crippen LogP contribution >= 0.6 is 0 Å². The smallest absolute Gasteiger partial charge is 0.336 e. The first-order valence-corrected chi connectivity index (χ1v) is 9.22. The highest BCUT2D eigenvalue weighted by molar-refractivity contribution is 6.05. The summed E-state index contributed by atoms with van der Waals surface area (Å²) in [5, 5.41) is 3.45. The maximum atomic E-state index is 12.4. The van der Waals surface area contributed by atoms with Crippen LogP contribution in [0.15, 0.2) is 39.5 Å². The molecule has 1 aliphatic heterocycles. The first-order chi connectivity index (χ1) is 13.0. The van der Waals surface area contributed by atoms with Crippen LogP contribution in [0.3, 0.4) is 0 Å². The van der Waals surface area contributed by atoms with E-state index in [9.17, 15) is 19.2 Å². The molecule has 1 saturated heterocycles. The molecule has 0 radical (unpaired) electrons. The van der Waals surface area contributed by atoms with Crippen LogP contribution in [0.25, 0.3) is 11.0 Å². The van der Waals surface area contributed by atoms with E-state index in [1.54, 1.807) is 24.3 Å². The van der Waals surface area contributed by atoms with Gasteiger partial charge in [-0.2, -0.15) is 0 Å². The van der Waals surface area contributed by atoms with Gasteiger partial charge in [-0.05, 0) is 37.1 Å². The Morgan fingerprint density at radius 1 is 1.04 bits per heavy atom. The third kappa shape index (κ3) is 3.37. The highest BCUT2D eigenvalue weighted by Gasteiger charge is 2.47. The Balaban J connectivity index is 1.38. The van der Waals surface area contributed by atoms with Crippen molar-refractivity contribution in [2.24, 2.45) is 11.8 Å². The number of nitrogens with one attached hydrogen (secondary N) is 1. The molecule has 1 N–H and O–H groups in total. The zero-order chi connectivity index (χ0) is 19.0. The molecule has 7 nitrogen and oxygen atoms in total. The summed E-state index contributed by atoms with van der Waals surface area (Å²) in [5.74, 6) is -0.910. The zero-order valence-corrected chi connectivity index (χ0v) is 14.8. The van der Waals surface area contributed by atoms with Crippen LogP contribution in [-0.4, -0.2) is 29.2 Å². The second-order valence-electron chi connectivity index (χ2n) is 7.13. The number of rotatable bonds is 4. The quantitative estimate of drug-likeness (QED) is 0.660. The Hall–Kier alpha value is -2.96. The van der Waals surface area contributed by atoms with E-state index < -0.39 is 5.63 Å². The third-order valence-electron chi connectivity index (χ3n) is 5.40. The molecule has 27 heavy (non-hydrogen) atoms. The fourth-order valence-corrected chi connectivity index (χ4v) is 4.04. The maximum absolute atomic E-state index is 12.4. The van der Waals surface area contributed by atoms with Crippen molar-refractivity contribution < 1.29 is 18.8 Å². The lowest BCUT2D eigenvalue weighted by Gasteiger charge is -2.19. The standard InChI is InChI=1S/C20H20N2O5/c23-17(21-13-6-7-16-12(11-13)5-8-18(24)27-16)9-10-22-19(25)14-3-1-2-4-15(14)20(22)26/h5-8,11,14-15H,1-4,9-10H2,(H,21,23). The number of likely N-dealkylation sites (tertiary alicyclic amines) is 1. The minimum absolute atomic E-state index is 0.0544. The van der Waals surface area contributed by atoms with Crippen molar-refractivity contribution in [1.29, 1.82) is 0 Å². The van der Waals surface area contributed by atoms with Crippen molar-refractivity contribution in [2.45, 2.75) is 32.1 Å². The van der Waals surface area contributed by atoms with Crippen LogP contribution in [0.2, 0.25) is 0 Å². The largest absolute Gasteiger partial charge is 0.423 e. The number of carbonyl (C=O) groups excluding carboxylic acids is 3. The molecule has 3 amide bonds. The van der Waals surface area contributed by atoms with Gasteiger partial charge in [0.15, 0.2) is 0 Å². The number of benzene rings is 1. The Morgan fingerprint density at radius 2 is 1.74 bits per heavy atom. The lowest BCUT2D eigenvalue weighted by atomic mass is 9.81. The molecule has 140 valence electrons. The first kappa shape index (κ1) is 17.5. The lowest BCUT2D eigenvalue weighted by molar-refractivity contribution is -0.140. The van der Waals surface area contributed by atoms with Gasteiger partial charge in [-0.25, -0.2) is 4.79 Å². The highest BCUT2D eigenvalue weighted by Crippen LogP contribution is 2.37. The zero-order valence-electron chi connectivity index (χ0n) is 14.8. The van der Waals surface area contributed by atoms with Crippen LogP contribution in [0, 0.1) is 11.8 Å². The van der Waals surface area contributed by atoms with Crippen LogP contribution in [0.4, 0.5) is 5.69 Å². The van der Waals surface area contributed by atoms with Crippen LogP contribution < -0.4 is 10.9 Å². The molecule has 0 spiro atoms. The van der Waals surface area contributed by atoms with Crippen molar-refractivity contribution in [3.63, 3.8) is 0 Å². The fraction of sp³-hybridized carbons (Fsp3) is 0.400. The molecule has 2 heterocycles. The average molecular weight is 368 g/mol. The lowest BCUT2D eigenvalue weighted by Crippen LogP contribution is -2.34. The van der Waals surface area contributed by atoms with Gasteiger partial charge >= 0.3 is 5.63 Å². The summed E-state index contributed by atoms with van der Waals surface area (Å²) in [6.45, 7) is 0.110. The topological polar surface area (TPSA) is 96.7 Å². The van der Waals surface area contributed by atoms with E-state index in [4.69, 9.17) is 4.42 Å². The Labute approximate surface area is 155 Å². The van der Waals surface area contributed by atoms with Crippen LogP contribution in [0.1, 0.15) is 32.1 Å². The first-order valence-electron chi connectivity index (χ1n) is 9.22. The third-order valence-corrected chi connectivity index (χ3v) is 5.40. The van der Waals surface area contributed by atoms with Crippen LogP contribution in [-0.2, 0) is 14.4 Å². The van der Waals surface area contributed by atoms with Gasteiger partial charge in [0.2, 0.25) is 17.7 Å². The molecule has 1 aromatic heterocycles. The van der Waals surface area contributed by atoms with Crippen LogP contribution in [0.5, 0.6) is 0 Å². The number of nitrogens with zero attached hydrogens (tertiary/aromatic N) is 1. The highest BCUT2D eigenvalue weighted by atomic mass is 16.4. The maximum Gasteiger partial charge on any atom is 0.336 e. The molecule has 1 aliphatic carbocycles. The van der Waals surface area contributed by atoms with E-state index in [0.717, 1.165) is 25.7 Å². The molecule has 1 aromatic carbocycles. The second kappa shape index (κ2) is 6.98. The summed E-state index contributed by atoms with van der Waals surface area (Å²) < 4.78 is 5.06. The van der Waals surface area contributed by atoms with Gasteiger partial charge in [0.25, 0.3) is 0 Å². The normalized spacial score (nSPS) is 22.1. The predicted octanol–water partition coefficient (Wildman–Crippen LogP) is 2.30.